The molecule has 7 nitrogen and oxygen atoms in total. The predicted octanol–water partition coefficient (Wildman–Crippen LogP) is 4.77. The van der Waals surface area contributed by atoms with E-state index in [1.807, 2.05) is 44.2 Å². The van der Waals surface area contributed by atoms with E-state index >= 15 is 0 Å². The SMILES string of the molecule is CCOc1ccc(C(c2sc3nc(C)nn3c2O)N2CCN(c3cccc(Cl)c3)CC2)cc1. The summed E-state index contributed by atoms with van der Waals surface area (Å²) in [5.74, 6) is 1.65. The van der Waals surface area contributed by atoms with Crippen LogP contribution in [0.3, 0.4) is 0 Å². The summed E-state index contributed by atoms with van der Waals surface area (Å²) in [7, 11) is 0. The monoisotopic (exact) mass is 483 g/mol. The van der Waals surface area contributed by atoms with Crippen molar-refractivity contribution in [2.45, 2.75) is 19.9 Å². The third kappa shape index (κ3) is 4.38. The molecule has 5 rings (SSSR count). The van der Waals surface area contributed by atoms with Crippen LogP contribution in [0.15, 0.2) is 48.5 Å². The topological polar surface area (TPSA) is 66.1 Å². The second kappa shape index (κ2) is 9.21. The average Bonchev–Trinajstić information content (AvgIpc) is 3.33. The number of aromatic hydroxyl groups is 1. The highest BCUT2D eigenvalue weighted by Crippen LogP contribution is 2.40. The Kier molecular flexibility index (Phi) is 6.14. The van der Waals surface area contributed by atoms with Crippen molar-refractivity contribution in [3.63, 3.8) is 0 Å². The van der Waals surface area contributed by atoms with Gasteiger partial charge in [0, 0.05) is 36.9 Å². The maximum atomic E-state index is 11.1. The molecule has 1 fully saturated rings. The number of halogens is 1. The molecule has 1 aliphatic rings. The van der Waals surface area contributed by atoms with Crippen LogP contribution in [0.2, 0.25) is 5.02 Å². The summed E-state index contributed by atoms with van der Waals surface area (Å²) in [6.07, 6.45) is 0. The van der Waals surface area contributed by atoms with Crippen LogP contribution in [-0.2, 0) is 0 Å². The van der Waals surface area contributed by atoms with Crippen LogP contribution in [0.5, 0.6) is 11.6 Å². The van der Waals surface area contributed by atoms with Crippen molar-refractivity contribution in [3.05, 3.63) is 69.8 Å². The minimum absolute atomic E-state index is 0.101. The van der Waals surface area contributed by atoms with Crippen LogP contribution in [0.4, 0.5) is 5.69 Å². The van der Waals surface area contributed by atoms with Crippen LogP contribution in [0.25, 0.3) is 4.96 Å². The van der Waals surface area contributed by atoms with E-state index in [0.717, 1.165) is 53.1 Å². The van der Waals surface area contributed by atoms with Gasteiger partial charge in [0.05, 0.1) is 17.5 Å². The van der Waals surface area contributed by atoms with Gasteiger partial charge in [-0.05, 0) is 49.7 Å². The van der Waals surface area contributed by atoms with Crippen LogP contribution in [0, 0.1) is 6.92 Å². The number of aromatic nitrogens is 3. The van der Waals surface area contributed by atoms with E-state index in [1.54, 1.807) is 4.52 Å². The summed E-state index contributed by atoms with van der Waals surface area (Å²) in [5, 5.41) is 16.2. The van der Waals surface area contributed by atoms with Gasteiger partial charge in [-0.15, -0.1) is 5.10 Å². The van der Waals surface area contributed by atoms with Gasteiger partial charge >= 0.3 is 0 Å². The standard InChI is InChI=1S/C24H26ClN5O2S/c1-3-32-20-9-7-17(8-10-20)21(22-23(31)30-24(33-22)26-16(2)27-30)29-13-11-28(12-14-29)19-6-4-5-18(25)15-19/h4-10,15,21,31H,3,11-14H2,1-2H3. The van der Waals surface area contributed by atoms with E-state index in [2.05, 4.69) is 38.1 Å². The fourth-order valence-electron chi connectivity index (χ4n) is 4.38. The van der Waals surface area contributed by atoms with Crippen LogP contribution in [0.1, 0.15) is 29.2 Å². The summed E-state index contributed by atoms with van der Waals surface area (Å²) in [4.78, 5) is 10.8. The molecule has 172 valence electrons. The first kappa shape index (κ1) is 22.0. The fraction of sp³-hybridized carbons (Fsp3) is 0.333. The lowest BCUT2D eigenvalue weighted by atomic mass is 10.0. The predicted molar refractivity (Wildman–Crippen MR) is 132 cm³/mol. The number of piperazine rings is 1. The van der Waals surface area contributed by atoms with Gasteiger partial charge in [-0.3, -0.25) is 4.90 Å². The van der Waals surface area contributed by atoms with Crippen molar-refractivity contribution in [2.24, 2.45) is 0 Å². The highest BCUT2D eigenvalue weighted by atomic mass is 35.5. The lowest BCUT2D eigenvalue weighted by Gasteiger charge is -2.40. The van der Waals surface area contributed by atoms with Gasteiger partial charge in [-0.2, -0.15) is 4.52 Å². The second-order valence-corrected chi connectivity index (χ2v) is 9.50. The molecular formula is C24H26ClN5O2S. The van der Waals surface area contributed by atoms with Gasteiger partial charge in [0.1, 0.15) is 11.6 Å². The first-order chi connectivity index (χ1) is 16.0. The third-order valence-corrected chi connectivity index (χ3v) is 7.22. The molecule has 0 saturated carbocycles. The Hall–Kier alpha value is -2.81. The van der Waals surface area contributed by atoms with Crippen molar-refractivity contribution >= 4 is 33.6 Å². The molecule has 2 aromatic heterocycles. The smallest absolute Gasteiger partial charge is 0.230 e. The van der Waals surface area contributed by atoms with E-state index in [1.165, 1.54) is 11.3 Å². The Bertz CT molecular complexity index is 1250. The lowest BCUT2D eigenvalue weighted by molar-refractivity contribution is 0.211. The number of benzene rings is 2. The molecule has 9 heteroatoms. The fourth-order valence-corrected chi connectivity index (χ4v) is 5.73. The summed E-state index contributed by atoms with van der Waals surface area (Å²) in [6, 6.07) is 16.0. The molecule has 4 aromatic rings. The first-order valence-electron chi connectivity index (χ1n) is 11.1. The zero-order valence-electron chi connectivity index (χ0n) is 18.6. The highest BCUT2D eigenvalue weighted by molar-refractivity contribution is 7.17. The number of ether oxygens (including phenoxy) is 1. The van der Waals surface area contributed by atoms with Crippen LogP contribution in [-0.4, -0.2) is 57.4 Å². The Morgan fingerprint density at radius 3 is 2.55 bits per heavy atom. The summed E-state index contributed by atoms with van der Waals surface area (Å²) >= 11 is 7.70. The van der Waals surface area contributed by atoms with Gasteiger partial charge in [0.2, 0.25) is 10.8 Å². The molecule has 1 aliphatic heterocycles. The third-order valence-electron chi connectivity index (χ3n) is 5.91. The van der Waals surface area contributed by atoms with Gasteiger partial charge in [0.25, 0.3) is 0 Å². The van der Waals surface area contributed by atoms with E-state index in [-0.39, 0.29) is 11.9 Å². The molecule has 1 atom stereocenters. The summed E-state index contributed by atoms with van der Waals surface area (Å²) < 4.78 is 7.18. The van der Waals surface area contributed by atoms with Crippen molar-refractivity contribution in [1.82, 2.24) is 19.5 Å². The minimum atomic E-state index is -0.101. The van der Waals surface area contributed by atoms with Crippen LogP contribution >= 0.6 is 22.9 Å². The summed E-state index contributed by atoms with van der Waals surface area (Å²) in [6.45, 7) is 7.86. The highest BCUT2D eigenvalue weighted by Gasteiger charge is 2.31. The maximum Gasteiger partial charge on any atom is 0.230 e. The number of rotatable bonds is 6. The minimum Gasteiger partial charge on any atom is -0.494 e. The Morgan fingerprint density at radius 2 is 1.88 bits per heavy atom. The quantitative estimate of drug-likeness (QED) is 0.426. The molecule has 2 aromatic carbocycles. The molecule has 0 radical (unpaired) electrons. The zero-order valence-corrected chi connectivity index (χ0v) is 20.2. The zero-order chi connectivity index (χ0) is 22.9. The number of hydrogen-bond acceptors (Lipinski definition) is 7. The van der Waals surface area contributed by atoms with Crippen molar-refractivity contribution < 1.29 is 9.84 Å². The molecule has 33 heavy (non-hydrogen) atoms. The normalized spacial score (nSPS) is 15.8. The number of thiazole rings is 1. The molecule has 0 bridgehead atoms. The number of anilines is 1. The molecule has 1 unspecified atom stereocenters. The molecule has 1 N–H and O–H groups in total. The lowest BCUT2D eigenvalue weighted by Crippen LogP contribution is -2.47. The number of nitrogens with zero attached hydrogens (tertiary/aromatic N) is 5. The molecule has 0 aliphatic carbocycles. The van der Waals surface area contributed by atoms with E-state index in [9.17, 15) is 5.11 Å². The molecule has 0 amide bonds. The first-order valence-corrected chi connectivity index (χ1v) is 12.3. The Balaban J connectivity index is 1.46. The number of aryl methyl sites for hydroxylation is 1. The van der Waals surface area contributed by atoms with Crippen molar-refractivity contribution in [2.75, 3.05) is 37.7 Å². The second-order valence-electron chi connectivity index (χ2n) is 8.05. The van der Waals surface area contributed by atoms with E-state index in [0.29, 0.717) is 17.4 Å². The molecule has 1 saturated heterocycles. The van der Waals surface area contributed by atoms with Gasteiger partial charge in [0.15, 0.2) is 0 Å². The molecule has 0 spiro atoms. The van der Waals surface area contributed by atoms with E-state index < -0.39 is 0 Å². The van der Waals surface area contributed by atoms with E-state index in [4.69, 9.17) is 16.3 Å². The van der Waals surface area contributed by atoms with Crippen molar-refractivity contribution in [3.8, 4) is 11.6 Å². The van der Waals surface area contributed by atoms with Crippen molar-refractivity contribution in [1.29, 1.82) is 0 Å². The summed E-state index contributed by atoms with van der Waals surface area (Å²) in [5.41, 5.74) is 2.24. The van der Waals surface area contributed by atoms with Gasteiger partial charge in [-0.25, -0.2) is 4.98 Å². The largest absolute Gasteiger partial charge is 0.494 e. The number of fused-ring (bicyclic) bond motifs is 1. The van der Waals surface area contributed by atoms with Crippen LogP contribution < -0.4 is 9.64 Å². The molecular weight excluding hydrogens is 458 g/mol. The average molecular weight is 484 g/mol. The Morgan fingerprint density at radius 1 is 1.12 bits per heavy atom. The maximum absolute atomic E-state index is 11.1. The van der Waals surface area contributed by atoms with Gasteiger partial charge < -0.3 is 14.7 Å². The Labute approximate surface area is 201 Å². The number of hydrogen-bond donors (Lipinski definition) is 1. The van der Waals surface area contributed by atoms with Gasteiger partial charge in [-0.1, -0.05) is 41.1 Å². The molecule has 3 heterocycles.